The molecule has 0 aliphatic carbocycles. The van der Waals surface area contributed by atoms with Crippen LogP contribution in [0.15, 0.2) is 30.3 Å². The molecule has 2 rings (SSSR count). The molecule has 0 fully saturated rings. The number of carbonyl (C=O) groups is 1. The van der Waals surface area contributed by atoms with E-state index in [-0.39, 0.29) is 0 Å². The van der Waals surface area contributed by atoms with Gasteiger partial charge < -0.3 is 11.1 Å². The first-order valence-electron chi connectivity index (χ1n) is 4.16. The monoisotopic (exact) mass is 187 g/mol. The van der Waals surface area contributed by atoms with Crippen molar-refractivity contribution in [3.05, 3.63) is 30.3 Å². The van der Waals surface area contributed by atoms with Gasteiger partial charge in [-0.1, -0.05) is 18.2 Å². The first-order valence-corrected chi connectivity index (χ1v) is 4.16. The van der Waals surface area contributed by atoms with Gasteiger partial charge in [0.25, 0.3) is 0 Å². The van der Waals surface area contributed by atoms with Crippen molar-refractivity contribution in [2.75, 3.05) is 11.1 Å². The van der Waals surface area contributed by atoms with Crippen molar-refractivity contribution < 1.29 is 4.79 Å². The number of hydrogen-bond acceptors (Lipinski definition) is 3. The van der Waals surface area contributed by atoms with Gasteiger partial charge in [0.2, 0.25) is 6.41 Å². The number of aromatic nitrogens is 1. The molecule has 4 nitrogen and oxygen atoms in total. The normalized spacial score (nSPS) is 10.0. The van der Waals surface area contributed by atoms with Gasteiger partial charge in [0.05, 0.1) is 11.2 Å². The zero-order valence-corrected chi connectivity index (χ0v) is 7.40. The summed E-state index contributed by atoms with van der Waals surface area (Å²) < 4.78 is 0. The molecule has 3 N–H and O–H groups in total. The van der Waals surface area contributed by atoms with Gasteiger partial charge in [-0.25, -0.2) is 4.98 Å². The minimum atomic E-state index is 0.329. The molecule has 0 saturated carbocycles. The van der Waals surface area contributed by atoms with Crippen molar-refractivity contribution in [3.63, 3.8) is 0 Å². The summed E-state index contributed by atoms with van der Waals surface area (Å²) in [5, 5.41) is 3.45. The summed E-state index contributed by atoms with van der Waals surface area (Å²) in [6.45, 7) is 0. The molecular weight excluding hydrogens is 178 g/mol. The Labute approximate surface area is 80.7 Å². The molecule has 0 aliphatic heterocycles. The first kappa shape index (κ1) is 8.50. The van der Waals surface area contributed by atoms with Gasteiger partial charge in [0.1, 0.15) is 5.82 Å². The summed E-state index contributed by atoms with van der Waals surface area (Å²) in [4.78, 5) is 14.4. The highest BCUT2D eigenvalue weighted by atomic mass is 16.1. The molecule has 1 amide bonds. The second kappa shape index (κ2) is 3.33. The Morgan fingerprint density at radius 1 is 1.36 bits per heavy atom. The quantitative estimate of drug-likeness (QED) is 0.698. The largest absolute Gasteiger partial charge is 0.382 e. The average molecular weight is 187 g/mol. The fraction of sp³-hybridized carbons (Fsp3) is 0. The Balaban J connectivity index is 2.64. The van der Waals surface area contributed by atoms with E-state index >= 15 is 0 Å². The molecule has 1 aromatic heterocycles. The highest BCUT2D eigenvalue weighted by molar-refractivity contribution is 5.89. The maximum absolute atomic E-state index is 10.3. The van der Waals surface area contributed by atoms with E-state index in [1.54, 1.807) is 6.07 Å². The molecule has 0 saturated heterocycles. The molecule has 70 valence electrons. The number of fused-ring (bicyclic) bond motifs is 1. The summed E-state index contributed by atoms with van der Waals surface area (Å²) >= 11 is 0. The van der Waals surface area contributed by atoms with Gasteiger partial charge in [0.15, 0.2) is 0 Å². The second-order valence-electron chi connectivity index (χ2n) is 2.88. The van der Waals surface area contributed by atoms with Crippen LogP contribution in [-0.2, 0) is 4.79 Å². The number of rotatable bonds is 2. The predicted molar refractivity (Wildman–Crippen MR) is 55.8 cm³/mol. The SMILES string of the molecule is Nc1nc2ccccc2cc1NC=O. The molecule has 0 spiro atoms. The minimum Gasteiger partial charge on any atom is -0.382 e. The molecule has 0 unspecified atom stereocenters. The van der Waals surface area contributed by atoms with Gasteiger partial charge in [0, 0.05) is 5.39 Å². The zero-order valence-electron chi connectivity index (χ0n) is 7.40. The number of nitrogens with one attached hydrogen (secondary N) is 1. The molecule has 1 heterocycles. The molecule has 0 bridgehead atoms. The van der Waals surface area contributed by atoms with Crippen LogP contribution >= 0.6 is 0 Å². The lowest BCUT2D eigenvalue weighted by Crippen LogP contribution is -2.01. The number of benzene rings is 1. The van der Waals surface area contributed by atoms with Gasteiger partial charge in [-0.2, -0.15) is 0 Å². The number of pyridine rings is 1. The lowest BCUT2D eigenvalue weighted by Gasteiger charge is -2.04. The number of carbonyl (C=O) groups excluding carboxylic acids is 1. The van der Waals surface area contributed by atoms with Crippen LogP contribution in [0.2, 0.25) is 0 Å². The lowest BCUT2D eigenvalue weighted by molar-refractivity contribution is -0.105. The Hall–Kier alpha value is -2.10. The van der Waals surface area contributed by atoms with E-state index in [9.17, 15) is 4.79 Å². The third kappa shape index (κ3) is 1.37. The van der Waals surface area contributed by atoms with Crippen LogP contribution in [0.25, 0.3) is 10.9 Å². The maximum Gasteiger partial charge on any atom is 0.211 e. The summed E-state index contributed by atoms with van der Waals surface area (Å²) in [5.41, 5.74) is 7.00. The average Bonchev–Trinajstić information content (AvgIpc) is 2.19. The smallest absolute Gasteiger partial charge is 0.211 e. The number of para-hydroxylation sites is 1. The first-order chi connectivity index (χ1) is 6.81. The second-order valence-corrected chi connectivity index (χ2v) is 2.88. The lowest BCUT2D eigenvalue weighted by atomic mass is 10.2. The summed E-state index contributed by atoms with van der Waals surface area (Å²) in [6.07, 6.45) is 0.585. The fourth-order valence-electron chi connectivity index (χ4n) is 1.31. The van der Waals surface area contributed by atoms with Gasteiger partial charge in [-0.05, 0) is 12.1 Å². The predicted octanol–water partition coefficient (Wildman–Crippen LogP) is 1.39. The van der Waals surface area contributed by atoms with E-state index in [0.717, 1.165) is 10.9 Å². The van der Waals surface area contributed by atoms with E-state index < -0.39 is 0 Å². The van der Waals surface area contributed by atoms with Crippen LogP contribution < -0.4 is 11.1 Å². The molecule has 2 aromatic rings. The Kier molecular flexibility index (Phi) is 2.02. The highest BCUT2D eigenvalue weighted by Gasteiger charge is 2.01. The molecule has 1 aromatic carbocycles. The molecule has 4 heteroatoms. The third-order valence-corrected chi connectivity index (χ3v) is 1.97. The maximum atomic E-state index is 10.3. The third-order valence-electron chi connectivity index (χ3n) is 1.97. The Morgan fingerprint density at radius 3 is 2.93 bits per heavy atom. The Morgan fingerprint density at radius 2 is 2.14 bits per heavy atom. The van der Waals surface area contributed by atoms with Crippen LogP contribution in [0.3, 0.4) is 0 Å². The van der Waals surface area contributed by atoms with E-state index in [1.807, 2.05) is 24.3 Å². The van der Waals surface area contributed by atoms with Crippen LogP contribution in [0.4, 0.5) is 11.5 Å². The van der Waals surface area contributed by atoms with E-state index in [1.165, 1.54) is 0 Å². The molecule has 0 atom stereocenters. The van der Waals surface area contributed by atoms with Crippen LogP contribution in [0, 0.1) is 0 Å². The van der Waals surface area contributed by atoms with Crippen molar-refractivity contribution in [1.29, 1.82) is 0 Å². The van der Waals surface area contributed by atoms with Crippen molar-refractivity contribution in [2.24, 2.45) is 0 Å². The minimum absolute atomic E-state index is 0.329. The molecule has 0 aliphatic rings. The molecular formula is C10H9N3O. The van der Waals surface area contributed by atoms with Gasteiger partial charge in [-0.15, -0.1) is 0 Å². The molecule has 14 heavy (non-hydrogen) atoms. The van der Waals surface area contributed by atoms with E-state index in [4.69, 9.17) is 5.73 Å². The molecule has 0 radical (unpaired) electrons. The van der Waals surface area contributed by atoms with Gasteiger partial charge >= 0.3 is 0 Å². The summed E-state index contributed by atoms with van der Waals surface area (Å²) in [7, 11) is 0. The number of nitrogens with two attached hydrogens (primary N) is 1. The fourth-order valence-corrected chi connectivity index (χ4v) is 1.31. The number of anilines is 2. The number of nitrogen functional groups attached to an aromatic ring is 1. The number of hydrogen-bond donors (Lipinski definition) is 2. The standard InChI is InChI=1S/C10H9N3O/c11-10-9(12-6-14)5-7-3-1-2-4-8(7)13-10/h1-6H,(H2,11,13)(H,12,14). The van der Waals surface area contributed by atoms with Crippen LogP contribution in [-0.4, -0.2) is 11.4 Å². The summed E-state index contributed by atoms with van der Waals surface area (Å²) in [5.74, 6) is 0.329. The van der Waals surface area contributed by atoms with Crippen molar-refractivity contribution in [2.45, 2.75) is 0 Å². The van der Waals surface area contributed by atoms with Crippen LogP contribution in [0.5, 0.6) is 0 Å². The van der Waals surface area contributed by atoms with Crippen molar-refractivity contribution >= 4 is 28.8 Å². The van der Waals surface area contributed by atoms with Crippen molar-refractivity contribution in [1.82, 2.24) is 4.98 Å². The van der Waals surface area contributed by atoms with E-state index in [0.29, 0.717) is 17.9 Å². The van der Waals surface area contributed by atoms with Crippen molar-refractivity contribution in [3.8, 4) is 0 Å². The number of amides is 1. The summed E-state index contributed by atoms with van der Waals surface area (Å²) in [6, 6.07) is 9.38. The van der Waals surface area contributed by atoms with Crippen LogP contribution in [0.1, 0.15) is 0 Å². The van der Waals surface area contributed by atoms with Gasteiger partial charge in [-0.3, -0.25) is 4.79 Å². The Bertz CT molecular complexity index is 482. The number of nitrogens with zero attached hydrogens (tertiary/aromatic N) is 1. The zero-order chi connectivity index (χ0) is 9.97. The van der Waals surface area contributed by atoms with E-state index in [2.05, 4.69) is 10.3 Å². The topological polar surface area (TPSA) is 68.0 Å². The highest BCUT2D eigenvalue weighted by Crippen LogP contribution is 2.21.